The molecule has 1 heteroatoms. The van der Waals surface area contributed by atoms with Gasteiger partial charge in [0.25, 0.3) is 0 Å². The van der Waals surface area contributed by atoms with Crippen LogP contribution in [0.15, 0.2) is 5.57 Å². The molecule has 0 rings (SSSR count). The summed E-state index contributed by atoms with van der Waals surface area (Å²) in [6.45, 7) is 9.53. The topological polar surface area (TPSA) is 0 Å². The van der Waals surface area contributed by atoms with E-state index in [1.807, 2.05) is 6.92 Å². The molecule has 0 aromatic rings. The quantitative estimate of drug-likeness (QED) is 0.336. The molecule has 0 aliphatic rings. The van der Waals surface area contributed by atoms with E-state index in [0.29, 0.717) is 0 Å². The van der Waals surface area contributed by atoms with E-state index in [4.69, 9.17) is 6.58 Å². The third-order valence-corrected chi connectivity index (χ3v) is 0.925. The van der Waals surface area contributed by atoms with E-state index >= 15 is 0 Å². The van der Waals surface area contributed by atoms with Gasteiger partial charge in [0, 0.05) is 0 Å². The molecule has 0 saturated carbocycles. The van der Waals surface area contributed by atoms with Crippen molar-refractivity contribution in [1.82, 2.24) is 0 Å². The van der Waals surface area contributed by atoms with Gasteiger partial charge in [0.05, 0.1) is 0 Å². The van der Waals surface area contributed by atoms with Gasteiger partial charge < -0.3 is 6.58 Å². The average Bonchev–Trinajstić information content (AvgIpc) is 1.61. The predicted octanol–water partition coefficient (Wildman–Crippen LogP) is -0.440. The predicted molar refractivity (Wildman–Crippen MR) is 33.0 cm³/mol. The molecule has 0 saturated heterocycles. The Morgan fingerprint density at radius 1 is 1.50 bits per heavy atom. The maximum atomic E-state index is 5.40. The summed E-state index contributed by atoms with van der Waals surface area (Å²) in [5, 5.41) is 0. The molecule has 8 heavy (non-hydrogen) atoms. The molecule has 0 heterocycles. The summed E-state index contributed by atoms with van der Waals surface area (Å²) in [4.78, 5) is 0. The van der Waals surface area contributed by atoms with Crippen LogP contribution in [0, 0.1) is 6.58 Å². The van der Waals surface area contributed by atoms with E-state index < -0.39 is 0 Å². The molecule has 42 valence electrons. The number of hydrogen-bond acceptors (Lipinski definition) is 0. The zero-order valence-corrected chi connectivity index (χ0v) is 6.20. The van der Waals surface area contributed by atoms with Crippen molar-refractivity contribution >= 4 is 0 Å². The van der Waals surface area contributed by atoms with Crippen LogP contribution in [0.1, 0.15) is 33.1 Å². The first-order chi connectivity index (χ1) is 3.27. The molecule has 0 amide bonds. The second kappa shape index (κ2) is 7.34. The molecule has 0 aromatic heterocycles. The minimum absolute atomic E-state index is 0. The van der Waals surface area contributed by atoms with Gasteiger partial charge in [-0.2, -0.15) is 0 Å². The van der Waals surface area contributed by atoms with E-state index in [2.05, 4.69) is 6.92 Å². The van der Waals surface area contributed by atoms with Crippen LogP contribution in [0.4, 0.5) is 0 Å². The number of rotatable bonds is 3. The Balaban J connectivity index is 0. The summed E-state index contributed by atoms with van der Waals surface area (Å²) < 4.78 is 0. The maximum Gasteiger partial charge on any atom is 1.00 e. The molecule has 0 fully saturated rings. The minimum atomic E-state index is 0. The van der Waals surface area contributed by atoms with Gasteiger partial charge in [-0.25, -0.2) is 0 Å². The summed E-state index contributed by atoms with van der Waals surface area (Å²) in [7, 11) is 0. The number of hydrogen-bond donors (Lipinski definition) is 0. The largest absolute Gasteiger partial charge is 1.00 e. The van der Waals surface area contributed by atoms with Crippen molar-refractivity contribution in [2.24, 2.45) is 0 Å². The van der Waals surface area contributed by atoms with Crippen molar-refractivity contribution in [2.45, 2.75) is 33.1 Å². The summed E-state index contributed by atoms with van der Waals surface area (Å²) in [6.07, 6.45) is 3.58. The molecule has 0 aliphatic carbocycles. The van der Waals surface area contributed by atoms with E-state index in [1.54, 1.807) is 0 Å². The number of unbranched alkanes of at least 4 members (excludes halogenated alkanes) is 1. The molecule has 0 atom stereocenters. The third kappa shape index (κ3) is 9.60. The van der Waals surface area contributed by atoms with Crippen molar-refractivity contribution in [2.75, 3.05) is 0 Å². The summed E-state index contributed by atoms with van der Waals surface area (Å²) in [5.41, 5.74) is 1.06. The average molecular weight is 104 g/mol. The fourth-order valence-electron chi connectivity index (χ4n) is 0.456. The van der Waals surface area contributed by atoms with E-state index in [-0.39, 0.29) is 18.9 Å². The fourth-order valence-corrected chi connectivity index (χ4v) is 0.456. The SMILES string of the molecule is [CH-]=C(C)CCCC.[Li+]. The molecular formula is C7H13Li. The van der Waals surface area contributed by atoms with Gasteiger partial charge in [-0.3, -0.25) is 5.57 Å². The molecule has 0 radical (unpaired) electrons. The summed E-state index contributed by atoms with van der Waals surface area (Å²) >= 11 is 0. The van der Waals surface area contributed by atoms with E-state index in [9.17, 15) is 0 Å². The first kappa shape index (κ1) is 11.2. The Labute approximate surface area is 64.5 Å². The van der Waals surface area contributed by atoms with Crippen LogP contribution in [-0.2, 0) is 0 Å². The normalized spacial score (nSPS) is 7.75. The Morgan fingerprint density at radius 2 is 2.00 bits per heavy atom. The Bertz CT molecular complexity index is 57.4. The van der Waals surface area contributed by atoms with Crippen LogP contribution in [0.5, 0.6) is 0 Å². The van der Waals surface area contributed by atoms with Crippen LogP contribution in [-0.4, -0.2) is 0 Å². The van der Waals surface area contributed by atoms with E-state index in [0.717, 1.165) is 12.0 Å². The summed E-state index contributed by atoms with van der Waals surface area (Å²) in [5.74, 6) is 0. The standard InChI is InChI=1S/C7H13.Li/c1-4-5-6-7(2)3;/h2H,4-6H2,1,3H3;/q-1;+1. The van der Waals surface area contributed by atoms with Gasteiger partial charge in [-0.05, 0) is 0 Å². The Kier molecular flexibility index (Phi) is 10.3. The third-order valence-electron chi connectivity index (χ3n) is 0.925. The maximum absolute atomic E-state index is 5.40. The van der Waals surface area contributed by atoms with Crippen LogP contribution in [0.2, 0.25) is 0 Å². The zero-order chi connectivity index (χ0) is 5.70. The zero-order valence-electron chi connectivity index (χ0n) is 6.20. The Hall–Kier alpha value is 0.337. The van der Waals surface area contributed by atoms with Crippen molar-refractivity contribution in [3.05, 3.63) is 12.2 Å². The molecule has 0 N–H and O–H groups in total. The van der Waals surface area contributed by atoms with Crippen LogP contribution in [0.25, 0.3) is 0 Å². The molecule has 0 aliphatic heterocycles. The number of allylic oxidation sites excluding steroid dienone is 1. The van der Waals surface area contributed by atoms with Gasteiger partial charge in [-0.15, -0.1) is 0 Å². The van der Waals surface area contributed by atoms with Crippen molar-refractivity contribution in [1.29, 1.82) is 0 Å². The first-order valence-electron chi connectivity index (χ1n) is 2.85. The fraction of sp³-hybridized carbons (Fsp3) is 0.714. The van der Waals surface area contributed by atoms with Crippen LogP contribution < -0.4 is 18.9 Å². The van der Waals surface area contributed by atoms with Crippen molar-refractivity contribution in [3.63, 3.8) is 0 Å². The van der Waals surface area contributed by atoms with Crippen LogP contribution >= 0.6 is 0 Å². The molecular weight excluding hydrogens is 91.0 g/mol. The first-order valence-corrected chi connectivity index (χ1v) is 2.85. The van der Waals surface area contributed by atoms with Gasteiger partial charge in [0.2, 0.25) is 0 Å². The molecule has 0 unspecified atom stereocenters. The monoisotopic (exact) mass is 104 g/mol. The minimum Gasteiger partial charge on any atom is -0.515 e. The van der Waals surface area contributed by atoms with E-state index in [1.165, 1.54) is 12.8 Å². The van der Waals surface area contributed by atoms with Gasteiger partial charge in [0.15, 0.2) is 0 Å². The van der Waals surface area contributed by atoms with Gasteiger partial charge in [0.1, 0.15) is 0 Å². The molecule has 0 aromatic carbocycles. The van der Waals surface area contributed by atoms with Crippen molar-refractivity contribution < 1.29 is 18.9 Å². The molecule has 0 bridgehead atoms. The second-order valence-corrected chi connectivity index (χ2v) is 1.95. The second-order valence-electron chi connectivity index (χ2n) is 1.95. The van der Waals surface area contributed by atoms with Gasteiger partial charge in [-0.1, -0.05) is 33.1 Å². The van der Waals surface area contributed by atoms with Crippen molar-refractivity contribution in [3.8, 4) is 0 Å². The summed E-state index contributed by atoms with van der Waals surface area (Å²) in [6, 6.07) is 0. The molecule has 0 nitrogen and oxygen atoms in total. The Morgan fingerprint density at radius 3 is 2.12 bits per heavy atom. The molecule has 0 spiro atoms. The van der Waals surface area contributed by atoms with Crippen LogP contribution in [0.3, 0.4) is 0 Å². The smallest absolute Gasteiger partial charge is 0.515 e. The van der Waals surface area contributed by atoms with Gasteiger partial charge >= 0.3 is 18.9 Å².